The Hall–Kier alpha value is 0.130. The van der Waals surface area contributed by atoms with Crippen molar-refractivity contribution in [1.29, 1.82) is 0 Å². The molecule has 4 rings (SSSR count). The summed E-state index contributed by atoms with van der Waals surface area (Å²) in [6.45, 7) is 12.1. The molecule has 0 spiro atoms. The Kier molecular flexibility index (Phi) is 7.85. The summed E-state index contributed by atoms with van der Waals surface area (Å²) in [7, 11) is 1.73. The average molecular weight is 485 g/mol. The smallest absolute Gasteiger partial charge is 0.210 e. The van der Waals surface area contributed by atoms with Gasteiger partial charge < -0.3 is 9.47 Å². The minimum atomic E-state index is -1.08. The summed E-state index contributed by atoms with van der Waals surface area (Å²) in [6.07, 6.45) is 12.1. The predicted molar refractivity (Wildman–Crippen MR) is 133 cm³/mol. The monoisotopic (exact) mass is 484 g/mol. The second-order valence-electron chi connectivity index (χ2n) is 13.0. The molecule has 0 bridgehead atoms. The topological polar surface area (TPSA) is 47.9 Å². The Morgan fingerprint density at radius 2 is 1.79 bits per heavy atom. The van der Waals surface area contributed by atoms with Crippen LogP contribution >= 0.6 is 11.6 Å². The average Bonchev–Trinajstić information content (AvgIpc) is 3.07. The van der Waals surface area contributed by atoms with E-state index in [1.807, 2.05) is 0 Å². The maximum Gasteiger partial charge on any atom is 0.210 e. The molecule has 1 saturated heterocycles. The van der Waals surface area contributed by atoms with Gasteiger partial charge in [-0.1, -0.05) is 53.9 Å². The third kappa shape index (κ3) is 4.43. The summed E-state index contributed by atoms with van der Waals surface area (Å²) in [6, 6.07) is 0. The van der Waals surface area contributed by atoms with E-state index in [9.17, 15) is 5.26 Å². The summed E-state index contributed by atoms with van der Waals surface area (Å²) < 4.78 is 12.4. The molecule has 1 aliphatic heterocycles. The van der Waals surface area contributed by atoms with Crippen molar-refractivity contribution in [3.63, 3.8) is 0 Å². The third-order valence-corrected chi connectivity index (χ3v) is 11.4. The largest absolute Gasteiger partial charge is 0.356 e. The fourth-order valence-electron chi connectivity index (χ4n) is 9.15. The molecule has 1 N–H and O–H groups in total. The Morgan fingerprint density at radius 1 is 1.03 bits per heavy atom. The van der Waals surface area contributed by atoms with Gasteiger partial charge in [-0.2, -0.15) is 0 Å². The van der Waals surface area contributed by atoms with Gasteiger partial charge in [-0.3, -0.25) is 0 Å². The van der Waals surface area contributed by atoms with E-state index in [1.165, 1.54) is 44.9 Å². The predicted octanol–water partition coefficient (Wildman–Crippen LogP) is 7.88. The molecule has 3 saturated carbocycles. The molecule has 0 aromatic heterocycles. The van der Waals surface area contributed by atoms with E-state index in [0.29, 0.717) is 29.6 Å². The number of halogens is 1. The first kappa shape index (κ1) is 26.2. The minimum Gasteiger partial charge on any atom is -0.356 e. The van der Waals surface area contributed by atoms with Crippen molar-refractivity contribution in [3.05, 3.63) is 0 Å². The second-order valence-corrected chi connectivity index (χ2v) is 13.6. The van der Waals surface area contributed by atoms with E-state index < -0.39 is 5.79 Å². The highest BCUT2D eigenvalue weighted by atomic mass is 35.5. The van der Waals surface area contributed by atoms with Crippen molar-refractivity contribution >= 4 is 11.6 Å². The van der Waals surface area contributed by atoms with Crippen LogP contribution in [-0.2, 0) is 14.4 Å². The van der Waals surface area contributed by atoms with Crippen molar-refractivity contribution in [3.8, 4) is 0 Å². The SMILES string of the molecule is CO[C@H]1C[C@H]2[C@@H]3CC[C@H]([C@H](C)CCCC(C)C)[C@@]3(C)CC[C@@H]2[C@@]2(C)CC[C@H](Cl)C[C@]2(OO)O1. The Labute approximate surface area is 207 Å². The quantitative estimate of drug-likeness (QED) is 0.227. The highest BCUT2D eigenvalue weighted by Crippen LogP contribution is 2.68. The summed E-state index contributed by atoms with van der Waals surface area (Å²) >= 11 is 6.60. The van der Waals surface area contributed by atoms with Gasteiger partial charge in [0, 0.05) is 30.7 Å². The molecule has 0 radical (unpaired) electrons. The van der Waals surface area contributed by atoms with Crippen molar-refractivity contribution in [1.82, 2.24) is 0 Å². The fraction of sp³-hybridized carbons (Fsp3) is 1.00. The van der Waals surface area contributed by atoms with Crippen molar-refractivity contribution in [2.24, 2.45) is 46.3 Å². The van der Waals surface area contributed by atoms with E-state index >= 15 is 0 Å². The van der Waals surface area contributed by atoms with Crippen LogP contribution in [0.15, 0.2) is 0 Å². The van der Waals surface area contributed by atoms with Gasteiger partial charge in [0.15, 0.2) is 6.29 Å². The lowest BCUT2D eigenvalue weighted by Gasteiger charge is -2.58. The standard InChI is InChI=1S/C28H49ClO4/c1-18(2)8-7-9-19(3)22-10-11-23-21-16-25(31-6)32-28(33-30)17-20(29)12-15-27(28,5)24(21)13-14-26(22,23)4/h18-25,30H,7-17H2,1-6H3/t19-,20+,21+,22-,23+,24+,25-,26-,27-,28-/m1/s1. The number of hydrogen-bond donors (Lipinski definition) is 1. The zero-order chi connectivity index (χ0) is 24.0. The van der Waals surface area contributed by atoms with Crippen molar-refractivity contribution < 1.29 is 19.6 Å². The maximum absolute atomic E-state index is 10.2. The van der Waals surface area contributed by atoms with Gasteiger partial charge in [-0.05, 0) is 79.4 Å². The molecule has 4 aliphatic rings. The molecule has 10 atom stereocenters. The number of rotatable bonds is 7. The molecule has 5 heteroatoms. The summed E-state index contributed by atoms with van der Waals surface area (Å²) in [5.74, 6) is 3.01. The van der Waals surface area contributed by atoms with E-state index in [0.717, 1.165) is 37.0 Å². The van der Waals surface area contributed by atoms with Crippen molar-refractivity contribution in [2.45, 2.75) is 123 Å². The van der Waals surface area contributed by atoms with Crippen LogP contribution in [0.5, 0.6) is 0 Å². The zero-order valence-corrected chi connectivity index (χ0v) is 22.7. The molecule has 3 aliphatic carbocycles. The molecule has 4 nitrogen and oxygen atoms in total. The van der Waals surface area contributed by atoms with Crippen molar-refractivity contribution in [2.75, 3.05) is 7.11 Å². The lowest BCUT2D eigenvalue weighted by Crippen LogP contribution is -2.60. The van der Waals surface area contributed by atoms with Gasteiger partial charge in [-0.15, -0.1) is 11.6 Å². The molecular formula is C28H49ClO4. The molecular weight excluding hydrogens is 436 g/mol. The molecule has 0 aromatic carbocycles. The van der Waals surface area contributed by atoms with Crippen LogP contribution in [-0.4, -0.2) is 29.8 Å². The van der Waals surface area contributed by atoms with Crippen LogP contribution in [0.3, 0.4) is 0 Å². The van der Waals surface area contributed by atoms with E-state index in [1.54, 1.807) is 7.11 Å². The van der Waals surface area contributed by atoms with E-state index in [-0.39, 0.29) is 17.1 Å². The van der Waals surface area contributed by atoms with Gasteiger partial charge in [0.25, 0.3) is 0 Å². The normalized spacial score (nSPS) is 48.6. The molecule has 4 fully saturated rings. The van der Waals surface area contributed by atoms with E-state index in [4.69, 9.17) is 26.0 Å². The van der Waals surface area contributed by atoms with Crippen LogP contribution in [0, 0.1) is 46.3 Å². The lowest BCUT2D eigenvalue weighted by atomic mass is 9.49. The molecule has 1 heterocycles. The van der Waals surface area contributed by atoms with Gasteiger partial charge in [0.1, 0.15) is 0 Å². The first-order chi connectivity index (χ1) is 15.6. The third-order valence-electron chi connectivity index (χ3n) is 11.0. The second kappa shape index (κ2) is 9.88. The first-order valence-corrected chi connectivity index (χ1v) is 14.2. The molecule has 0 amide bonds. The molecule has 0 aromatic rings. The molecule has 0 unspecified atom stereocenters. The number of fused-ring (bicyclic) bond motifs is 5. The van der Waals surface area contributed by atoms with Crippen LogP contribution in [0.2, 0.25) is 0 Å². The molecule has 192 valence electrons. The van der Waals surface area contributed by atoms with Crippen LogP contribution in [0.1, 0.15) is 105 Å². The number of methoxy groups -OCH3 is 1. The molecule has 33 heavy (non-hydrogen) atoms. The lowest BCUT2D eigenvalue weighted by molar-refractivity contribution is -0.466. The van der Waals surface area contributed by atoms with E-state index in [2.05, 4.69) is 34.6 Å². The fourth-order valence-corrected chi connectivity index (χ4v) is 9.46. The van der Waals surface area contributed by atoms with Gasteiger partial charge >= 0.3 is 0 Å². The Morgan fingerprint density at radius 3 is 2.45 bits per heavy atom. The summed E-state index contributed by atoms with van der Waals surface area (Å²) in [5.41, 5.74) is 0.136. The van der Waals surface area contributed by atoms with Crippen LogP contribution in [0.4, 0.5) is 0 Å². The zero-order valence-electron chi connectivity index (χ0n) is 21.9. The number of hydrogen-bond acceptors (Lipinski definition) is 4. The summed E-state index contributed by atoms with van der Waals surface area (Å²) in [5, 5.41) is 10.2. The Balaban J connectivity index is 1.60. The summed E-state index contributed by atoms with van der Waals surface area (Å²) in [4.78, 5) is 5.29. The first-order valence-electron chi connectivity index (χ1n) is 13.8. The maximum atomic E-state index is 10.2. The van der Waals surface area contributed by atoms with Gasteiger partial charge in [0.05, 0.1) is 0 Å². The Bertz CT molecular complexity index is 672. The number of ether oxygens (including phenoxy) is 2. The van der Waals surface area contributed by atoms with Gasteiger partial charge in [-0.25, -0.2) is 10.1 Å². The van der Waals surface area contributed by atoms with Gasteiger partial charge in [0.2, 0.25) is 5.79 Å². The van der Waals surface area contributed by atoms with Crippen LogP contribution < -0.4 is 0 Å². The van der Waals surface area contributed by atoms with Crippen LogP contribution in [0.25, 0.3) is 0 Å². The highest BCUT2D eigenvalue weighted by molar-refractivity contribution is 6.20. The number of alkyl halides is 1. The minimum absolute atomic E-state index is 0.0457. The highest BCUT2D eigenvalue weighted by Gasteiger charge is 2.66.